The van der Waals surface area contributed by atoms with E-state index in [1.54, 1.807) is 0 Å². The summed E-state index contributed by atoms with van der Waals surface area (Å²) in [5.41, 5.74) is 3.75. The predicted molar refractivity (Wildman–Crippen MR) is 88.4 cm³/mol. The van der Waals surface area contributed by atoms with Crippen molar-refractivity contribution in [3.05, 3.63) is 80.9 Å². The smallest absolute Gasteiger partial charge is 0.0130 e. The first-order chi connectivity index (χ1) is 8.74. The number of hydrogen-bond acceptors (Lipinski definition) is 0. The third-order valence-corrected chi connectivity index (χ3v) is 3.35. The first-order valence-corrected chi connectivity index (χ1v) is 6.99. The number of halogens is 1. The largest absolute Gasteiger partial charge is 0.0617 e. The van der Waals surface area contributed by atoms with Gasteiger partial charge in [-0.1, -0.05) is 66.3 Å². The Balaban J connectivity index is 1.98. The molecule has 0 amide bonds. The molecule has 0 atom stereocenters. The zero-order valence-electron chi connectivity index (χ0n) is 10.3. The van der Waals surface area contributed by atoms with Gasteiger partial charge in [-0.05, 0) is 52.8 Å². The zero-order valence-corrected chi connectivity index (χ0v) is 12.5. The Morgan fingerprint density at radius 1 is 0.722 bits per heavy atom. The van der Waals surface area contributed by atoms with E-state index in [0.717, 1.165) is 0 Å². The molecule has 0 heterocycles. The van der Waals surface area contributed by atoms with Gasteiger partial charge < -0.3 is 0 Å². The Morgan fingerprint density at radius 2 is 1.17 bits per heavy atom. The van der Waals surface area contributed by atoms with Crippen LogP contribution in [0.3, 0.4) is 0 Å². The fraction of sp³-hybridized carbons (Fsp3) is 0.0588. The van der Waals surface area contributed by atoms with E-state index in [4.69, 9.17) is 0 Å². The molecular formula is C17H15I. The summed E-state index contributed by atoms with van der Waals surface area (Å²) in [7, 11) is 0. The minimum absolute atomic E-state index is 1.23. The third kappa shape index (κ3) is 4.15. The molecule has 0 radical (unpaired) electrons. The molecule has 18 heavy (non-hydrogen) atoms. The summed E-state index contributed by atoms with van der Waals surface area (Å²) in [5, 5.41) is 0. The van der Waals surface area contributed by atoms with E-state index in [0.29, 0.717) is 0 Å². The van der Waals surface area contributed by atoms with Crippen LogP contribution in [0.1, 0.15) is 16.7 Å². The zero-order chi connectivity index (χ0) is 12.8. The van der Waals surface area contributed by atoms with Crippen LogP contribution in [0.5, 0.6) is 0 Å². The number of benzene rings is 2. The molecule has 0 unspecified atom stereocenters. The Morgan fingerprint density at radius 3 is 1.67 bits per heavy atom. The maximum Gasteiger partial charge on any atom is 0.0130 e. The van der Waals surface area contributed by atoms with Crippen molar-refractivity contribution in [2.75, 3.05) is 0 Å². The lowest BCUT2D eigenvalue weighted by molar-refractivity contribution is 1.46. The molecule has 0 aliphatic carbocycles. The molecule has 0 bridgehead atoms. The molecule has 0 saturated heterocycles. The summed E-state index contributed by atoms with van der Waals surface area (Å²) in [4.78, 5) is 0. The predicted octanol–water partition coefficient (Wildman–Crippen LogP) is 5.33. The average Bonchev–Trinajstić information content (AvgIpc) is 2.39. The summed E-state index contributed by atoms with van der Waals surface area (Å²) in [6.07, 6.45) is 8.37. The molecule has 0 aromatic heterocycles. The van der Waals surface area contributed by atoms with Crippen LogP contribution >= 0.6 is 22.6 Å². The molecule has 0 aliphatic heterocycles. The van der Waals surface area contributed by atoms with Crippen molar-refractivity contribution in [3.8, 4) is 0 Å². The van der Waals surface area contributed by atoms with Crippen LogP contribution in [0, 0.1) is 10.5 Å². The normalized spacial score (nSPS) is 11.4. The second kappa shape index (κ2) is 6.55. The van der Waals surface area contributed by atoms with Gasteiger partial charge in [0.25, 0.3) is 0 Å². The molecule has 0 nitrogen and oxygen atoms in total. The number of allylic oxidation sites excluding steroid dienone is 2. The Labute approximate surface area is 122 Å². The average molecular weight is 346 g/mol. The maximum atomic E-state index is 2.31. The van der Waals surface area contributed by atoms with Crippen molar-refractivity contribution in [1.82, 2.24) is 0 Å². The van der Waals surface area contributed by atoms with Crippen LogP contribution in [-0.4, -0.2) is 0 Å². The fourth-order valence-corrected chi connectivity index (χ4v) is 1.94. The van der Waals surface area contributed by atoms with Crippen LogP contribution < -0.4 is 0 Å². The van der Waals surface area contributed by atoms with Gasteiger partial charge in [-0.15, -0.1) is 0 Å². The maximum absolute atomic E-state index is 2.31. The lowest BCUT2D eigenvalue weighted by Crippen LogP contribution is -1.73. The summed E-state index contributed by atoms with van der Waals surface area (Å²) < 4.78 is 1.26. The number of rotatable bonds is 3. The molecule has 0 spiro atoms. The third-order valence-electron chi connectivity index (χ3n) is 2.64. The second-order valence-electron chi connectivity index (χ2n) is 4.18. The van der Waals surface area contributed by atoms with Crippen molar-refractivity contribution in [2.24, 2.45) is 0 Å². The van der Waals surface area contributed by atoms with E-state index in [2.05, 4.69) is 102 Å². The lowest BCUT2D eigenvalue weighted by atomic mass is 10.1. The van der Waals surface area contributed by atoms with E-state index in [1.807, 2.05) is 0 Å². The van der Waals surface area contributed by atoms with Crippen molar-refractivity contribution in [3.63, 3.8) is 0 Å². The highest BCUT2D eigenvalue weighted by Crippen LogP contribution is 2.09. The SMILES string of the molecule is Cc1ccc(/C=C/C=C/c2ccc(I)cc2)cc1. The van der Waals surface area contributed by atoms with Crippen molar-refractivity contribution >= 4 is 34.7 Å². The minimum Gasteiger partial charge on any atom is -0.0617 e. The number of aryl methyl sites for hydroxylation is 1. The van der Waals surface area contributed by atoms with Crippen LogP contribution in [-0.2, 0) is 0 Å². The molecule has 2 aromatic rings. The van der Waals surface area contributed by atoms with Crippen LogP contribution in [0.4, 0.5) is 0 Å². The standard InChI is InChI=1S/C17H15I/c1-14-6-8-15(9-7-14)4-2-3-5-16-10-12-17(18)13-11-16/h2-13H,1H3/b4-2+,5-3+. The molecule has 90 valence electrons. The van der Waals surface area contributed by atoms with Crippen LogP contribution in [0.2, 0.25) is 0 Å². The first-order valence-electron chi connectivity index (χ1n) is 5.91. The van der Waals surface area contributed by atoms with Gasteiger partial charge >= 0.3 is 0 Å². The van der Waals surface area contributed by atoms with Gasteiger partial charge in [-0.2, -0.15) is 0 Å². The van der Waals surface area contributed by atoms with Crippen LogP contribution in [0.15, 0.2) is 60.7 Å². The summed E-state index contributed by atoms with van der Waals surface area (Å²) >= 11 is 2.31. The topological polar surface area (TPSA) is 0 Å². The van der Waals surface area contributed by atoms with E-state index in [-0.39, 0.29) is 0 Å². The highest BCUT2D eigenvalue weighted by molar-refractivity contribution is 14.1. The molecule has 0 N–H and O–H groups in total. The van der Waals surface area contributed by atoms with Crippen molar-refractivity contribution in [1.29, 1.82) is 0 Å². The van der Waals surface area contributed by atoms with E-state index in [1.165, 1.54) is 20.3 Å². The Kier molecular flexibility index (Phi) is 4.76. The first kappa shape index (κ1) is 13.1. The monoisotopic (exact) mass is 346 g/mol. The van der Waals surface area contributed by atoms with Gasteiger partial charge in [0.2, 0.25) is 0 Å². The highest BCUT2D eigenvalue weighted by Gasteiger charge is 1.86. The Bertz CT molecular complexity index is 492. The van der Waals surface area contributed by atoms with E-state index < -0.39 is 0 Å². The molecular weight excluding hydrogens is 331 g/mol. The highest BCUT2D eigenvalue weighted by atomic mass is 127. The molecule has 2 aromatic carbocycles. The fourth-order valence-electron chi connectivity index (χ4n) is 1.58. The lowest BCUT2D eigenvalue weighted by Gasteiger charge is -1.94. The van der Waals surface area contributed by atoms with E-state index in [9.17, 15) is 0 Å². The summed E-state index contributed by atoms with van der Waals surface area (Å²) in [6.45, 7) is 2.10. The molecule has 1 heteroatoms. The van der Waals surface area contributed by atoms with Gasteiger partial charge in [-0.25, -0.2) is 0 Å². The van der Waals surface area contributed by atoms with Gasteiger partial charge in [0.1, 0.15) is 0 Å². The molecule has 2 rings (SSSR count). The molecule has 0 aliphatic rings. The summed E-state index contributed by atoms with van der Waals surface area (Å²) in [6, 6.07) is 17.0. The van der Waals surface area contributed by atoms with Gasteiger partial charge in [-0.3, -0.25) is 0 Å². The summed E-state index contributed by atoms with van der Waals surface area (Å²) in [5.74, 6) is 0. The van der Waals surface area contributed by atoms with Crippen molar-refractivity contribution in [2.45, 2.75) is 6.92 Å². The quantitative estimate of drug-likeness (QED) is 0.521. The van der Waals surface area contributed by atoms with E-state index >= 15 is 0 Å². The van der Waals surface area contributed by atoms with Crippen LogP contribution in [0.25, 0.3) is 12.2 Å². The second-order valence-corrected chi connectivity index (χ2v) is 5.43. The van der Waals surface area contributed by atoms with Gasteiger partial charge in [0.05, 0.1) is 0 Å². The number of hydrogen-bond donors (Lipinski definition) is 0. The Hall–Kier alpha value is -1.35. The van der Waals surface area contributed by atoms with Gasteiger partial charge in [0.15, 0.2) is 0 Å². The van der Waals surface area contributed by atoms with Gasteiger partial charge in [0, 0.05) is 3.57 Å². The minimum atomic E-state index is 1.23. The molecule has 0 saturated carbocycles. The van der Waals surface area contributed by atoms with Crippen molar-refractivity contribution < 1.29 is 0 Å². The molecule has 0 fully saturated rings.